The smallest absolute Gasteiger partial charge is 0.122 e. The summed E-state index contributed by atoms with van der Waals surface area (Å²) in [4.78, 5) is 0. The van der Waals surface area contributed by atoms with Crippen LogP contribution in [0.4, 0.5) is 0 Å². The molecule has 2 heteroatoms. The molecule has 0 aromatic heterocycles. The van der Waals surface area contributed by atoms with E-state index < -0.39 is 5.60 Å². The van der Waals surface area contributed by atoms with Crippen LogP contribution in [-0.2, 0) is 5.60 Å². The molecule has 0 spiro atoms. The molecule has 0 aliphatic carbocycles. The molecule has 0 saturated carbocycles. The highest BCUT2D eigenvalue weighted by atomic mass is 16.5. The molecule has 0 amide bonds. The first kappa shape index (κ1) is 10.1. The molecule has 0 aliphatic heterocycles. The van der Waals surface area contributed by atoms with Gasteiger partial charge in [-0.3, -0.25) is 0 Å². The predicted molar refractivity (Wildman–Crippen MR) is 53.0 cm³/mol. The summed E-state index contributed by atoms with van der Waals surface area (Å²) >= 11 is 0. The maximum Gasteiger partial charge on any atom is 0.122 e. The monoisotopic (exact) mass is 180 g/mol. The van der Waals surface area contributed by atoms with Gasteiger partial charge in [0.25, 0.3) is 0 Å². The molecular weight excluding hydrogens is 164 g/mol. The van der Waals surface area contributed by atoms with E-state index in [1.165, 1.54) is 0 Å². The van der Waals surface area contributed by atoms with Gasteiger partial charge in [-0.2, -0.15) is 0 Å². The zero-order valence-corrected chi connectivity index (χ0v) is 8.59. The van der Waals surface area contributed by atoms with Crippen molar-refractivity contribution < 1.29 is 9.84 Å². The molecule has 72 valence electrons. The van der Waals surface area contributed by atoms with E-state index in [4.69, 9.17) is 4.74 Å². The number of hydrogen-bond acceptors (Lipinski definition) is 2. The lowest BCUT2D eigenvalue weighted by Crippen LogP contribution is -2.17. The lowest BCUT2D eigenvalue weighted by molar-refractivity contribution is 0.0776. The number of rotatable bonds is 2. The first-order valence-corrected chi connectivity index (χ1v) is 4.33. The van der Waals surface area contributed by atoms with Crippen molar-refractivity contribution in [1.82, 2.24) is 0 Å². The van der Waals surface area contributed by atoms with E-state index >= 15 is 0 Å². The fourth-order valence-electron chi connectivity index (χ4n) is 1.50. The Morgan fingerprint density at radius 3 is 2.38 bits per heavy atom. The topological polar surface area (TPSA) is 29.5 Å². The molecule has 0 heterocycles. The van der Waals surface area contributed by atoms with Gasteiger partial charge in [0.2, 0.25) is 0 Å². The van der Waals surface area contributed by atoms with Gasteiger partial charge >= 0.3 is 0 Å². The van der Waals surface area contributed by atoms with Gasteiger partial charge < -0.3 is 9.84 Å². The van der Waals surface area contributed by atoms with E-state index in [0.29, 0.717) is 0 Å². The molecule has 1 aromatic rings. The highest BCUT2D eigenvalue weighted by molar-refractivity contribution is 5.41. The van der Waals surface area contributed by atoms with E-state index in [9.17, 15) is 5.11 Å². The van der Waals surface area contributed by atoms with Gasteiger partial charge in [-0.1, -0.05) is 12.1 Å². The van der Waals surface area contributed by atoms with Crippen molar-refractivity contribution in [3.8, 4) is 5.75 Å². The summed E-state index contributed by atoms with van der Waals surface area (Å²) in [6.45, 7) is 5.50. The summed E-state index contributed by atoms with van der Waals surface area (Å²) in [6.07, 6.45) is 0. The third-order valence-corrected chi connectivity index (χ3v) is 2.16. The van der Waals surface area contributed by atoms with Crippen molar-refractivity contribution in [2.75, 3.05) is 7.11 Å². The van der Waals surface area contributed by atoms with Crippen LogP contribution < -0.4 is 4.74 Å². The Bertz CT molecular complexity index is 297. The molecule has 13 heavy (non-hydrogen) atoms. The Morgan fingerprint density at radius 1 is 1.31 bits per heavy atom. The minimum Gasteiger partial charge on any atom is -0.496 e. The van der Waals surface area contributed by atoms with Crippen LogP contribution in [0.2, 0.25) is 0 Å². The van der Waals surface area contributed by atoms with E-state index in [0.717, 1.165) is 16.9 Å². The van der Waals surface area contributed by atoms with E-state index in [-0.39, 0.29) is 0 Å². The highest BCUT2D eigenvalue weighted by Crippen LogP contribution is 2.28. The van der Waals surface area contributed by atoms with Crippen LogP contribution in [0.15, 0.2) is 18.2 Å². The maximum atomic E-state index is 9.83. The van der Waals surface area contributed by atoms with E-state index in [2.05, 4.69) is 0 Å². The third kappa shape index (κ3) is 2.01. The van der Waals surface area contributed by atoms with E-state index in [1.54, 1.807) is 21.0 Å². The molecule has 2 nitrogen and oxygen atoms in total. The molecule has 0 unspecified atom stereocenters. The Labute approximate surface area is 79.2 Å². The summed E-state index contributed by atoms with van der Waals surface area (Å²) in [6, 6.07) is 5.70. The van der Waals surface area contributed by atoms with Crippen LogP contribution in [0.3, 0.4) is 0 Å². The number of benzene rings is 1. The fraction of sp³-hybridized carbons (Fsp3) is 0.455. The van der Waals surface area contributed by atoms with Crippen LogP contribution in [-0.4, -0.2) is 12.2 Å². The third-order valence-electron chi connectivity index (χ3n) is 2.16. The van der Waals surface area contributed by atoms with Crippen LogP contribution in [0, 0.1) is 6.92 Å². The molecular formula is C11H16O2. The molecule has 0 atom stereocenters. The van der Waals surface area contributed by atoms with Crippen molar-refractivity contribution in [1.29, 1.82) is 0 Å². The van der Waals surface area contributed by atoms with Gasteiger partial charge in [-0.05, 0) is 38.0 Å². The Morgan fingerprint density at radius 2 is 1.92 bits per heavy atom. The second-order valence-electron chi connectivity index (χ2n) is 3.69. The molecule has 0 bridgehead atoms. The summed E-state index contributed by atoms with van der Waals surface area (Å²) in [5.41, 5.74) is 1.10. The Balaban J connectivity index is 3.24. The van der Waals surface area contributed by atoms with Crippen molar-refractivity contribution in [3.05, 3.63) is 29.3 Å². The molecule has 1 aromatic carbocycles. The van der Waals surface area contributed by atoms with Crippen LogP contribution in [0.1, 0.15) is 25.0 Å². The SMILES string of the molecule is COc1cccc(C(C)(C)O)c1C. The van der Waals surface area contributed by atoms with Gasteiger partial charge in [0.15, 0.2) is 0 Å². The van der Waals surface area contributed by atoms with Gasteiger partial charge in [-0.25, -0.2) is 0 Å². The summed E-state index contributed by atoms with van der Waals surface area (Å²) in [5, 5.41) is 9.83. The standard InChI is InChI=1S/C11H16O2/c1-8-9(11(2,3)12)6-5-7-10(8)13-4/h5-7,12H,1-4H3. The average molecular weight is 180 g/mol. The summed E-state index contributed by atoms with van der Waals surface area (Å²) in [7, 11) is 1.64. The number of methoxy groups -OCH3 is 1. The highest BCUT2D eigenvalue weighted by Gasteiger charge is 2.19. The first-order valence-electron chi connectivity index (χ1n) is 4.33. The number of hydrogen-bond donors (Lipinski definition) is 1. The van der Waals surface area contributed by atoms with Crippen molar-refractivity contribution in [2.24, 2.45) is 0 Å². The van der Waals surface area contributed by atoms with Crippen LogP contribution >= 0.6 is 0 Å². The quantitative estimate of drug-likeness (QED) is 0.756. The Hall–Kier alpha value is -1.02. The molecule has 0 aliphatic rings. The van der Waals surface area contributed by atoms with Gasteiger partial charge in [0.1, 0.15) is 5.75 Å². The van der Waals surface area contributed by atoms with Crippen molar-refractivity contribution >= 4 is 0 Å². The number of aliphatic hydroxyl groups is 1. The molecule has 1 rings (SSSR count). The average Bonchev–Trinajstić information content (AvgIpc) is 2.02. The lowest BCUT2D eigenvalue weighted by Gasteiger charge is -2.21. The van der Waals surface area contributed by atoms with Crippen molar-refractivity contribution in [2.45, 2.75) is 26.4 Å². The zero-order valence-electron chi connectivity index (χ0n) is 8.59. The number of ether oxygens (including phenoxy) is 1. The molecule has 0 saturated heterocycles. The van der Waals surface area contributed by atoms with Gasteiger partial charge in [-0.15, -0.1) is 0 Å². The molecule has 1 N–H and O–H groups in total. The second kappa shape index (κ2) is 3.38. The fourth-order valence-corrected chi connectivity index (χ4v) is 1.50. The van der Waals surface area contributed by atoms with Crippen LogP contribution in [0.5, 0.6) is 5.75 Å². The summed E-state index contributed by atoms with van der Waals surface area (Å²) in [5.74, 6) is 0.819. The predicted octanol–water partition coefficient (Wildman–Crippen LogP) is 2.23. The minimum absolute atomic E-state index is 0.807. The van der Waals surface area contributed by atoms with Crippen molar-refractivity contribution in [3.63, 3.8) is 0 Å². The normalized spacial score (nSPS) is 11.5. The molecule has 0 fully saturated rings. The second-order valence-corrected chi connectivity index (χ2v) is 3.69. The largest absolute Gasteiger partial charge is 0.496 e. The van der Waals surface area contributed by atoms with Gasteiger partial charge in [0, 0.05) is 0 Å². The molecule has 0 radical (unpaired) electrons. The van der Waals surface area contributed by atoms with Crippen LogP contribution in [0.25, 0.3) is 0 Å². The minimum atomic E-state index is -0.807. The maximum absolute atomic E-state index is 9.83. The Kier molecular flexibility index (Phi) is 2.62. The lowest BCUT2D eigenvalue weighted by atomic mass is 9.93. The van der Waals surface area contributed by atoms with E-state index in [1.807, 2.05) is 25.1 Å². The van der Waals surface area contributed by atoms with Gasteiger partial charge in [0.05, 0.1) is 12.7 Å². The first-order chi connectivity index (χ1) is 5.96. The summed E-state index contributed by atoms with van der Waals surface area (Å²) < 4.78 is 5.17. The zero-order chi connectivity index (χ0) is 10.1.